The first kappa shape index (κ1) is 17.9. The second-order valence-corrected chi connectivity index (χ2v) is 8.41. The molecule has 140 valence electrons. The summed E-state index contributed by atoms with van der Waals surface area (Å²) in [5, 5.41) is 6.16. The lowest BCUT2D eigenvalue weighted by Crippen LogP contribution is -2.24. The number of hydrogen-bond acceptors (Lipinski definition) is 5. The number of amides is 1. The maximum Gasteiger partial charge on any atom is 0.231 e. The topological polar surface area (TPSA) is 59.2 Å². The van der Waals surface area contributed by atoms with Crippen LogP contribution in [0.15, 0.2) is 46.3 Å². The van der Waals surface area contributed by atoms with Crippen LogP contribution in [0.1, 0.15) is 59.8 Å². The minimum atomic E-state index is 0.00766. The first-order chi connectivity index (χ1) is 13.1. The lowest BCUT2D eigenvalue weighted by Gasteiger charge is -2.16. The van der Waals surface area contributed by atoms with Crippen LogP contribution >= 0.6 is 11.3 Å². The van der Waals surface area contributed by atoms with Gasteiger partial charge in [-0.05, 0) is 28.5 Å². The number of carbonyl (C=O) groups excluding carboxylic acids is 1. The quantitative estimate of drug-likeness (QED) is 0.636. The fourth-order valence-electron chi connectivity index (χ4n) is 3.39. The summed E-state index contributed by atoms with van der Waals surface area (Å²) in [5.41, 5.74) is 2.47. The third-order valence-corrected chi connectivity index (χ3v) is 5.87. The van der Waals surface area contributed by atoms with Crippen LogP contribution in [0.4, 0.5) is 0 Å². The molecule has 2 aromatic heterocycles. The Hall–Kier alpha value is -2.47. The average Bonchev–Trinajstić information content (AvgIpc) is 3.39. The molecule has 4 rings (SSSR count). The van der Waals surface area contributed by atoms with E-state index in [4.69, 9.17) is 4.52 Å². The summed E-state index contributed by atoms with van der Waals surface area (Å²) < 4.78 is 5.39. The Balaban J connectivity index is 1.39. The summed E-state index contributed by atoms with van der Waals surface area (Å²) >= 11 is 1.67. The predicted octanol–water partition coefficient (Wildman–Crippen LogP) is 4.36. The molecule has 1 amide bonds. The largest absolute Gasteiger partial charge is 0.339 e. The smallest absolute Gasteiger partial charge is 0.231 e. The highest BCUT2D eigenvalue weighted by Crippen LogP contribution is 2.28. The van der Waals surface area contributed by atoms with Gasteiger partial charge in [-0.25, -0.2) is 0 Å². The van der Waals surface area contributed by atoms with Gasteiger partial charge >= 0.3 is 0 Å². The first-order valence-electron chi connectivity index (χ1n) is 9.30. The van der Waals surface area contributed by atoms with Gasteiger partial charge in [-0.1, -0.05) is 49.3 Å². The minimum absolute atomic E-state index is 0.00766. The zero-order valence-corrected chi connectivity index (χ0v) is 16.4. The maximum absolute atomic E-state index is 12.4. The third kappa shape index (κ3) is 4.11. The molecule has 0 N–H and O–H groups in total. The average molecular weight is 382 g/mol. The van der Waals surface area contributed by atoms with Crippen molar-refractivity contribution in [2.24, 2.45) is 0 Å². The normalized spacial score (nSPS) is 17.2. The van der Waals surface area contributed by atoms with Gasteiger partial charge in [0.1, 0.15) is 0 Å². The number of nitrogens with zero attached hydrogens (tertiary/aromatic N) is 3. The second-order valence-electron chi connectivity index (χ2n) is 7.37. The molecule has 1 atom stereocenters. The molecule has 0 spiro atoms. The van der Waals surface area contributed by atoms with E-state index in [1.807, 2.05) is 16.3 Å². The molecule has 3 heterocycles. The van der Waals surface area contributed by atoms with Crippen LogP contribution in [0.5, 0.6) is 0 Å². The van der Waals surface area contributed by atoms with Crippen LogP contribution in [-0.2, 0) is 17.8 Å². The monoisotopic (exact) mass is 381 g/mol. The van der Waals surface area contributed by atoms with Crippen molar-refractivity contribution in [3.05, 3.63) is 69.5 Å². The molecule has 0 bridgehead atoms. The van der Waals surface area contributed by atoms with E-state index in [-0.39, 0.29) is 11.8 Å². The molecule has 3 aromatic rings. The molecule has 1 saturated heterocycles. The zero-order valence-electron chi connectivity index (χ0n) is 15.6. The van der Waals surface area contributed by atoms with Gasteiger partial charge in [-0.15, -0.1) is 11.3 Å². The van der Waals surface area contributed by atoms with Crippen molar-refractivity contribution in [1.82, 2.24) is 15.0 Å². The predicted molar refractivity (Wildman–Crippen MR) is 105 cm³/mol. The lowest BCUT2D eigenvalue weighted by molar-refractivity contribution is -0.128. The zero-order chi connectivity index (χ0) is 18.8. The van der Waals surface area contributed by atoms with E-state index >= 15 is 0 Å². The van der Waals surface area contributed by atoms with Gasteiger partial charge in [-0.2, -0.15) is 4.98 Å². The van der Waals surface area contributed by atoms with Gasteiger partial charge in [0.25, 0.3) is 0 Å². The van der Waals surface area contributed by atoms with E-state index < -0.39 is 0 Å². The minimum Gasteiger partial charge on any atom is -0.339 e. The van der Waals surface area contributed by atoms with E-state index in [2.05, 4.69) is 54.3 Å². The van der Waals surface area contributed by atoms with Crippen LogP contribution < -0.4 is 0 Å². The highest BCUT2D eigenvalue weighted by molar-refractivity contribution is 7.09. The van der Waals surface area contributed by atoms with Crippen molar-refractivity contribution >= 4 is 17.2 Å². The molecule has 27 heavy (non-hydrogen) atoms. The SMILES string of the molecule is CC(C)c1ccc(CN2CC(c3noc(Cc4cccs4)n3)CC2=O)cc1. The molecule has 1 aromatic carbocycles. The van der Waals surface area contributed by atoms with Gasteiger partial charge in [0.05, 0.1) is 6.42 Å². The Kier molecular flexibility index (Phi) is 5.07. The van der Waals surface area contributed by atoms with Crippen molar-refractivity contribution in [3.63, 3.8) is 0 Å². The van der Waals surface area contributed by atoms with Crippen LogP contribution in [0, 0.1) is 0 Å². The maximum atomic E-state index is 12.4. The van der Waals surface area contributed by atoms with Crippen molar-refractivity contribution < 1.29 is 9.32 Å². The number of carbonyl (C=O) groups is 1. The standard InChI is InChI=1S/C21H23N3O2S/c1-14(2)16-7-5-15(6-8-16)12-24-13-17(10-20(24)25)21-22-19(26-23-21)11-18-4-3-9-27-18/h3-9,14,17H,10-13H2,1-2H3. The molecular formula is C21H23N3O2S. The van der Waals surface area contributed by atoms with E-state index in [1.165, 1.54) is 10.4 Å². The lowest BCUT2D eigenvalue weighted by atomic mass is 10.0. The first-order valence-corrected chi connectivity index (χ1v) is 10.2. The van der Waals surface area contributed by atoms with Crippen LogP contribution in [0.3, 0.4) is 0 Å². The van der Waals surface area contributed by atoms with Crippen LogP contribution in [0.25, 0.3) is 0 Å². The van der Waals surface area contributed by atoms with Crippen molar-refractivity contribution in [3.8, 4) is 0 Å². The van der Waals surface area contributed by atoms with E-state index in [0.717, 1.165) is 5.56 Å². The summed E-state index contributed by atoms with van der Waals surface area (Å²) in [5.74, 6) is 1.93. The van der Waals surface area contributed by atoms with Gasteiger partial charge in [0, 0.05) is 30.3 Å². The van der Waals surface area contributed by atoms with Crippen molar-refractivity contribution in [2.45, 2.75) is 45.1 Å². The highest BCUT2D eigenvalue weighted by atomic mass is 32.1. The fraction of sp³-hybridized carbons (Fsp3) is 0.381. The number of aromatic nitrogens is 2. The van der Waals surface area contributed by atoms with Crippen molar-refractivity contribution in [2.75, 3.05) is 6.54 Å². The molecular weight excluding hydrogens is 358 g/mol. The van der Waals surface area contributed by atoms with Gasteiger partial charge in [0.15, 0.2) is 5.82 Å². The summed E-state index contributed by atoms with van der Waals surface area (Å²) in [6, 6.07) is 12.6. The van der Waals surface area contributed by atoms with E-state index in [9.17, 15) is 4.79 Å². The van der Waals surface area contributed by atoms with Gasteiger partial charge in [0.2, 0.25) is 11.8 Å². The summed E-state index contributed by atoms with van der Waals surface area (Å²) in [4.78, 5) is 20.1. The molecule has 5 nitrogen and oxygen atoms in total. The molecule has 1 aliphatic heterocycles. The Morgan fingerprint density at radius 1 is 1.26 bits per heavy atom. The number of likely N-dealkylation sites (tertiary alicyclic amines) is 1. The van der Waals surface area contributed by atoms with Gasteiger partial charge in [-0.3, -0.25) is 4.79 Å². The molecule has 1 aliphatic rings. The van der Waals surface area contributed by atoms with Crippen LogP contribution in [0.2, 0.25) is 0 Å². The second kappa shape index (κ2) is 7.64. The van der Waals surface area contributed by atoms with Crippen LogP contribution in [-0.4, -0.2) is 27.5 Å². The molecule has 1 unspecified atom stereocenters. The molecule has 1 fully saturated rings. The molecule has 0 aliphatic carbocycles. The Labute approximate surface area is 163 Å². The van der Waals surface area contributed by atoms with Gasteiger partial charge < -0.3 is 9.42 Å². The molecule has 6 heteroatoms. The fourth-order valence-corrected chi connectivity index (χ4v) is 4.09. The number of thiophene rings is 1. The van der Waals surface area contributed by atoms with E-state index in [0.29, 0.717) is 43.6 Å². The Bertz CT molecular complexity index is 900. The number of benzene rings is 1. The molecule has 0 radical (unpaired) electrons. The number of hydrogen-bond donors (Lipinski definition) is 0. The van der Waals surface area contributed by atoms with Crippen molar-refractivity contribution in [1.29, 1.82) is 0 Å². The highest BCUT2D eigenvalue weighted by Gasteiger charge is 2.33. The summed E-state index contributed by atoms with van der Waals surface area (Å²) in [7, 11) is 0. The third-order valence-electron chi connectivity index (χ3n) is 4.99. The number of rotatable bonds is 6. The van der Waals surface area contributed by atoms with E-state index in [1.54, 1.807) is 11.3 Å². The summed E-state index contributed by atoms with van der Waals surface area (Å²) in [6.07, 6.45) is 1.10. The summed E-state index contributed by atoms with van der Waals surface area (Å²) in [6.45, 7) is 5.64. The molecule has 0 saturated carbocycles. The Morgan fingerprint density at radius 3 is 2.78 bits per heavy atom. The Morgan fingerprint density at radius 2 is 2.07 bits per heavy atom.